The van der Waals surface area contributed by atoms with Crippen LogP contribution in [0.2, 0.25) is 0 Å². The van der Waals surface area contributed by atoms with Crippen LogP contribution in [0.1, 0.15) is 29.6 Å². The predicted molar refractivity (Wildman–Crippen MR) is 81.8 cm³/mol. The van der Waals surface area contributed by atoms with Gasteiger partial charge >= 0.3 is 0 Å². The number of carbonyl (C=O) groups is 1. The summed E-state index contributed by atoms with van der Waals surface area (Å²) in [5.74, 6) is 2.15. The van der Waals surface area contributed by atoms with Crippen LogP contribution in [0.4, 0.5) is 0 Å². The first-order valence-corrected chi connectivity index (χ1v) is 7.39. The Morgan fingerprint density at radius 3 is 2.38 bits per heavy atom. The zero-order valence-corrected chi connectivity index (χ0v) is 12.7. The second-order valence-electron chi connectivity index (χ2n) is 5.50. The highest BCUT2D eigenvalue weighted by Gasteiger charge is 2.26. The molecule has 1 saturated carbocycles. The molecule has 2 atom stereocenters. The van der Waals surface area contributed by atoms with Gasteiger partial charge in [-0.05, 0) is 43.4 Å². The van der Waals surface area contributed by atoms with Gasteiger partial charge < -0.3 is 20.5 Å². The molecule has 2 unspecified atom stereocenters. The number of nitrogens with one attached hydrogen (secondary N) is 1. The van der Waals surface area contributed by atoms with Crippen LogP contribution < -0.4 is 20.5 Å². The van der Waals surface area contributed by atoms with Crippen LogP contribution in [0.5, 0.6) is 11.5 Å². The molecule has 5 heteroatoms. The van der Waals surface area contributed by atoms with E-state index in [-0.39, 0.29) is 5.91 Å². The van der Waals surface area contributed by atoms with Gasteiger partial charge in [-0.15, -0.1) is 0 Å². The summed E-state index contributed by atoms with van der Waals surface area (Å²) in [6.07, 6.45) is 3.52. The fraction of sp³-hybridized carbons (Fsp3) is 0.562. The molecule has 0 bridgehead atoms. The van der Waals surface area contributed by atoms with E-state index in [0.29, 0.717) is 42.0 Å². The predicted octanol–water partition coefficient (Wildman–Crippen LogP) is 1.81. The standard InChI is InChI=1S/C16H24N2O3/c1-20-14-6-13(7-15(8-14)21-2)16(19)18-10-12-5-3-4-11(12)9-17/h6-8,11-12H,3-5,9-10,17H2,1-2H3,(H,18,19). The third-order valence-electron chi connectivity index (χ3n) is 4.26. The molecule has 0 spiro atoms. The van der Waals surface area contributed by atoms with E-state index < -0.39 is 0 Å². The minimum atomic E-state index is -0.102. The van der Waals surface area contributed by atoms with E-state index in [1.165, 1.54) is 12.8 Å². The molecular weight excluding hydrogens is 268 g/mol. The van der Waals surface area contributed by atoms with Crippen LogP contribution in [0, 0.1) is 11.8 Å². The number of benzene rings is 1. The Morgan fingerprint density at radius 1 is 1.19 bits per heavy atom. The Morgan fingerprint density at radius 2 is 1.81 bits per heavy atom. The fourth-order valence-corrected chi connectivity index (χ4v) is 2.96. The van der Waals surface area contributed by atoms with Crippen LogP contribution in [0.15, 0.2) is 18.2 Å². The lowest BCUT2D eigenvalue weighted by Crippen LogP contribution is -2.32. The first-order valence-electron chi connectivity index (χ1n) is 7.39. The Bertz CT molecular complexity index is 468. The van der Waals surface area contributed by atoms with Gasteiger partial charge in [0.05, 0.1) is 14.2 Å². The Kier molecular flexibility index (Phi) is 5.44. The molecule has 1 aromatic carbocycles. The summed E-state index contributed by atoms with van der Waals surface area (Å²) in [7, 11) is 3.14. The van der Waals surface area contributed by atoms with Crippen molar-refractivity contribution in [3.05, 3.63) is 23.8 Å². The zero-order chi connectivity index (χ0) is 15.2. The highest BCUT2D eigenvalue weighted by Crippen LogP contribution is 2.30. The van der Waals surface area contributed by atoms with Crippen LogP contribution >= 0.6 is 0 Å². The molecule has 0 saturated heterocycles. The lowest BCUT2D eigenvalue weighted by Gasteiger charge is -2.18. The van der Waals surface area contributed by atoms with E-state index in [0.717, 1.165) is 6.42 Å². The number of ether oxygens (including phenoxy) is 2. The molecule has 1 aliphatic carbocycles. The average molecular weight is 292 g/mol. The van der Waals surface area contributed by atoms with Crippen molar-refractivity contribution in [3.8, 4) is 11.5 Å². The summed E-state index contributed by atoms with van der Waals surface area (Å²) in [5.41, 5.74) is 6.32. The van der Waals surface area contributed by atoms with E-state index in [4.69, 9.17) is 15.2 Å². The molecule has 21 heavy (non-hydrogen) atoms. The molecular formula is C16H24N2O3. The molecule has 1 fully saturated rings. The maximum atomic E-state index is 12.3. The first kappa shape index (κ1) is 15.6. The molecule has 0 radical (unpaired) electrons. The second-order valence-corrected chi connectivity index (χ2v) is 5.50. The van der Waals surface area contributed by atoms with Gasteiger partial charge in [0.25, 0.3) is 5.91 Å². The van der Waals surface area contributed by atoms with Gasteiger partial charge in [0.15, 0.2) is 0 Å². The number of amides is 1. The van der Waals surface area contributed by atoms with Crippen molar-refractivity contribution < 1.29 is 14.3 Å². The lowest BCUT2D eigenvalue weighted by molar-refractivity contribution is 0.0943. The topological polar surface area (TPSA) is 73.6 Å². The molecule has 1 aliphatic rings. The monoisotopic (exact) mass is 292 g/mol. The molecule has 0 aliphatic heterocycles. The minimum Gasteiger partial charge on any atom is -0.497 e. The van der Waals surface area contributed by atoms with E-state index >= 15 is 0 Å². The van der Waals surface area contributed by atoms with Crippen LogP contribution in [-0.2, 0) is 0 Å². The highest BCUT2D eigenvalue weighted by molar-refractivity contribution is 5.95. The van der Waals surface area contributed by atoms with Crippen molar-refractivity contribution in [2.45, 2.75) is 19.3 Å². The van der Waals surface area contributed by atoms with E-state index in [1.54, 1.807) is 32.4 Å². The van der Waals surface area contributed by atoms with E-state index in [2.05, 4.69) is 5.32 Å². The fourth-order valence-electron chi connectivity index (χ4n) is 2.96. The van der Waals surface area contributed by atoms with Gasteiger partial charge in [-0.3, -0.25) is 4.79 Å². The molecule has 5 nitrogen and oxygen atoms in total. The van der Waals surface area contributed by atoms with E-state index in [1.807, 2.05) is 0 Å². The third kappa shape index (κ3) is 3.88. The van der Waals surface area contributed by atoms with Crippen molar-refractivity contribution in [2.75, 3.05) is 27.3 Å². The van der Waals surface area contributed by atoms with E-state index in [9.17, 15) is 4.79 Å². The number of hydrogen-bond donors (Lipinski definition) is 2. The SMILES string of the molecule is COc1cc(OC)cc(C(=O)NCC2CCCC2CN)c1. The van der Waals surface area contributed by atoms with Gasteiger partial charge in [-0.2, -0.15) is 0 Å². The number of hydrogen-bond acceptors (Lipinski definition) is 4. The lowest BCUT2D eigenvalue weighted by atomic mass is 9.96. The average Bonchev–Trinajstić information content (AvgIpc) is 2.99. The second kappa shape index (κ2) is 7.31. The van der Waals surface area contributed by atoms with Crippen molar-refractivity contribution in [1.29, 1.82) is 0 Å². The van der Waals surface area contributed by atoms with Gasteiger partial charge in [0.1, 0.15) is 11.5 Å². The maximum Gasteiger partial charge on any atom is 0.251 e. The van der Waals surface area contributed by atoms with Crippen LogP contribution in [0.25, 0.3) is 0 Å². The van der Waals surface area contributed by atoms with Crippen LogP contribution in [-0.4, -0.2) is 33.2 Å². The number of nitrogens with two attached hydrogens (primary N) is 1. The van der Waals surface area contributed by atoms with Crippen molar-refractivity contribution >= 4 is 5.91 Å². The van der Waals surface area contributed by atoms with Gasteiger partial charge in [0, 0.05) is 18.2 Å². The minimum absolute atomic E-state index is 0.102. The Labute approximate surface area is 125 Å². The molecule has 3 N–H and O–H groups in total. The first-order chi connectivity index (χ1) is 10.2. The summed E-state index contributed by atoms with van der Waals surface area (Å²) in [5, 5.41) is 3.00. The Hall–Kier alpha value is -1.75. The summed E-state index contributed by atoms with van der Waals surface area (Å²) < 4.78 is 10.4. The molecule has 2 rings (SSSR count). The van der Waals surface area contributed by atoms with Crippen LogP contribution in [0.3, 0.4) is 0 Å². The Balaban J connectivity index is 1.99. The number of carbonyl (C=O) groups excluding carboxylic acids is 1. The van der Waals surface area contributed by atoms with Crippen molar-refractivity contribution in [3.63, 3.8) is 0 Å². The summed E-state index contributed by atoms with van der Waals surface area (Å²) in [6.45, 7) is 1.38. The van der Waals surface area contributed by atoms with Crippen molar-refractivity contribution in [1.82, 2.24) is 5.32 Å². The van der Waals surface area contributed by atoms with Gasteiger partial charge in [-0.1, -0.05) is 6.42 Å². The van der Waals surface area contributed by atoms with Gasteiger partial charge in [-0.25, -0.2) is 0 Å². The smallest absolute Gasteiger partial charge is 0.251 e. The number of methoxy groups -OCH3 is 2. The summed E-state index contributed by atoms with van der Waals surface area (Å²) in [4.78, 5) is 12.3. The maximum absolute atomic E-state index is 12.3. The van der Waals surface area contributed by atoms with Gasteiger partial charge in [0.2, 0.25) is 0 Å². The largest absolute Gasteiger partial charge is 0.497 e. The summed E-state index contributed by atoms with van der Waals surface area (Å²) in [6, 6.07) is 5.18. The number of rotatable bonds is 6. The molecule has 0 heterocycles. The highest BCUT2D eigenvalue weighted by atomic mass is 16.5. The van der Waals surface area contributed by atoms with Crippen molar-refractivity contribution in [2.24, 2.45) is 17.6 Å². The molecule has 116 valence electrons. The third-order valence-corrected chi connectivity index (χ3v) is 4.26. The molecule has 1 amide bonds. The molecule has 1 aromatic rings. The normalized spacial score (nSPS) is 21.1. The summed E-state index contributed by atoms with van der Waals surface area (Å²) >= 11 is 0. The molecule has 0 aromatic heterocycles. The zero-order valence-electron chi connectivity index (χ0n) is 12.7. The quantitative estimate of drug-likeness (QED) is 0.838.